The molecule has 1 aliphatic carbocycles. The van der Waals surface area contributed by atoms with Crippen molar-refractivity contribution >= 4 is 0 Å². The molecule has 76 valence electrons. The van der Waals surface area contributed by atoms with Gasteiger partial charge in [-0.3, -0.25) is 0 Å². The van der Waals surface area contributed by atoms with Crippen LogP contribution in [0, 0.1) is 18.2 Å². The van der Waals surface area contributed by atoms with Crippen LogP contribution < -0.4 is 0 Å². The fourth-order valence-corrected chi connectivity index (χ4v) is 1.82. The summed E-state index contributed by atoms with van der Waals surface area (Å²) in [7, 11) is 0. The zero-order chi connectivity index (χ0) is 10.2. The van der Waals surface area contributed by atoms with Crippen LogP contribution in [-0.4, -0.2) is 11.7 Å². The normalized spacial score (nSPS) is 18.2. The summed E-state index contributed by atoms with van der Waals surface area (Å²) in [5.74, 6) is -0.142. The van der Waals surface area contributed by atoms with Crippen molar-refractivity contribution < 1.29 is 9.50 Å². The molecule has 0 spiro atoms. The van der Waals surface area contributed by atoms with Crippen molar-refractivity contribution in [1.29, 1.82) is 0 Å². The largest absolute Gasteiger partial charge is 0.396 e. The smallest absolute Gasteiger partial charge is 0.126 e. The first-order chi connectivity index (χ1) is 6.67. The van der Waals surface area contributed by atoms with Crippen molar-refractivity contribution in [3.8, 4) is 0 Å². The van der Waals surface area contributed by atoms with Crippen molar-refractivity contribution in [2.75, 3.05) is 6.61 Å². The van der Waals surface area contributed by atoms with E-state index < -0.39 is 0 Å². The zero-order valence-corrected chi connectivity index (χ0v) is 8.39. The second-order valence-corrected chi connectivity index (χ2v) is 4.36. The number of benzene rings is 1. The Morgan fingerprint density at radius 3 is 2.71 bits per heavy atom. The maximum absolute atomic E-state index is 13.2. The fourth-order valence-electron chi connectivity index (χ4n) is 1.82. The Kier molecular flexibility index (Phi) is 2.31. The summed E-state index contributed by atoms with van der Waals surface area (Å²) in [5.41, 5.74) is 1.84. The van der Waals surface area contributed by atoms with Gasteiger partial charge in [-0.1, -0.05) is 12.1 Å². The van der Waals surface area contributed by atoms with Crippen LogP contribution >= 0.6 is 0 Å². The lowest BCUT2D eigenvalue weighted by Gasteiger charge is -2.13. The third-order valence-corrected chi connectivity index (χ3v) is 3.24. The third-order valence-electron chi connectivity index (χ3n) is 3.24. The molecule has 1 aromatic rings. The molecule has 1 N–H and O–H groups in total. The van der Waals surface area contributed by atoms with Crippen molar-refractivity contribution in [3.05, 3.63) is 35.1 Å². The molecule has 14 heavy (non-hydrogen) atoms. The van der Waals surface area contributed by atoms with Gasteiger partial charge in [-0.2, -0.15) is 0 Å². The molecule has 2 rings (SSSR count). The van der Waals surface area contributed by atoms with Crippen LogP contribution in [0.2, 0.25) is 0 Å². The topological polar surface area (TPSA) is 20.2 Å². The minimum Gasteiger partial charge on any atom is -0.396 e. The summed E-state index contributed by atoms with van der Waals surface area (Å²) < 4.78 is 13.2. The van der Waals surface area contributed by atoms with Crippen molar-refractivity contribution in [1.82, 2.24) is 0 Å². The van der Waals surface area contributed by atoms with E-state index in [0.717, 1.165) is 30.4 Å². The molecule has 1 nitrogen and oxygen atoms in total. The van der Waals surface area contributed by atoms with Crippen LogP contribution in [0.3, 0.4) is 0 Å². The summed E-state index contributed by atoms with van der Waals surface area (Å²) >= 11 is 0. The maximum atomic E-state index is 13.2. The summed E-state index contributed by atoms with van der Waals surface area (Å²) in [4.78, 5) is 0. The lowest BCUT2D eigenvalue weighted by molar-refractivity contribution is 0.211. The van der Waals surface area contributed by atoms with Gasteiger partial charge in [-0.05, 0) is 48.8 Å². The highest BCUT2D eigenvalue weighted by Crippen LogP contribution is 2.48. The molecule has 2 heteroatoms. The van der Waals surface area contributed by atoms with Crippen LogP contribution in [0.5, 0.6) is 0 Å². The van der Waals surface area contributed by atoms with Gasteiger partial charge in [0.25, 0.3) is 0 Å². The van der Waals surface area contributed by atoms with Gasteiger partial charge in [0, 0.05) is 6.61 Å². The molecule has 1 saturated carbocycles. The van der Waals surface area contributed by atoms with E-state index in [2.05, 4.69) is 0 Å². The Morgan fingerprint density at radius 2 is 2.14 bits per heavy atom. The number of aliphatic hydroxyl groups excluding tert-OH is 1. The molecule has 1 aromatic carbocycles. The molecular formula is C12H15FO. The molecule has 0 unspecified atom stereocenters. The lowest BCUT2D eigenvalue weighted by Crippen LogP contribution is -2.11. The highest BCUT2D eigenvalue weighted by molar-refractivity contribution is 5.29. The van der Waals surface area contributed by atoms with Crippen molar-refractivity contribution in [2.24, 2.45) is 5.41 Å². The van der Waals surface area contributed by atoms with Gasteiger partial charge in [-0.25, -0.2) is 4.39 Å². The third kappa shape index (κ3) is 1.67. The minimum absolute atomic E-state index is 0.0680. The summed E-state index contributed by atoms with van der Waals surface area (Å²) in [5, 5.41) is 9.18. The lowest BCUT2D eigenvalue weighted by atomic mass is 9.94. The zero-order valence-electron chi connectivity index (χ0n) is 8.39. The molecule has 0 heterocycles. The van der Waals surface area contributed by atoms with Crippen LogP contribution in [0.1, 0.15) is 24.0 Å². The molecule has 0 saturated heterocycles. The first-order valence-electron chi connectivity index (χ1n) is 5.02. The van der Waals surface area contributed by atoms with Gasteiger partial charge in [0.15, 0.2) is 0 Å². The van der Waals surface area contributed by atoms with Crippen LogP contribution in [-0.2, 0) is 6.42 Å². The van der Waals surface area contributed by atoms with Crippen LogP contribution in [0.25, 0.3) is 0 Å². The SMILES string of the molecule is Cc1c(F)cccc1CC1(CO)CC1. The van der Waals surface area contributed by atoms with E-state index in [1.165, 1.54) is 6.07 Å². The predicted molar refractivity (Wildman–Crippen MR) is 53.6 cm³/mol. The van der Waals surface area contributed by atoms with E-state index in [1.807, 2.05) is 6.07 Å². The van der Waals surface area contributed by atoms with Crippen LogP contribution in [0.15, 0.2) is 18.2 Å². The second-order valence-electron chi connectivity index (χ2n) is 4.36. The van der Waals surface area contributed by atoms with Gasteiger partial charge in [0.2, 0.25) is 0 Å². The van der Waals surface area contributed by atoms with E-state index >= 15 is 0 Å². The Balaban J connectivity index is 2.21. The van der Waals surface area contributed by atoms with E-state index in [4.69, 9.17) is 0 Å². The average Bonchev–Trinajstić information content (AvgIpc) is 2.94. The standard InChI is InChI=1S/C12H15FO/c1-9-10(3-2-4-11(9)13)7-12(8-14)5-6-12/h2-4,14H,5-8H2,1H3. The van der Waals surface area contributed by atoms with E-state index in [-0.39, 0.29) is 17.8 Å². The van der Waals surface area contributed by atoms with E-state index in [0.29, 0.717) is 0 Å². The molecule has 0 aliphatic heterocycles. The highest BCUT2D eigenvalue weighted by atomic mass is 19.1. The Hall–Kier alpha value is -0.890. The quantitative estimate of drug-likeness (QED) is 0.783. The molecule has 0 atom stereocenters. The Labute approximate surface area is 83.6 Å². The first-order valence-corrected chi connectivity index (χ1v) is 5.02. The first kappa shape index (κ1) is 9.66. The number of halogens is 1. The Bertz CT molecular complexity index is 342. The van der Waals surface area contributed by atoms with Gasteiger partial charge in [-0.15, -0.1) is 0 Å². The molecule has 0 radical (unpaired) electrons. The maximum Gasteiger partial charge on any atom is 0.126 e. The van der Waals surface area contributed by atoms with Crippen molar-refractivity contribution in [3.63, 3.8) is 0 Å². The van der Waals surface area contributed by atoms with Gasteiger partial charge in [0.05, 0.1) is 0 Å². The predicted octanol–water partition coefficient (Wildman–Crippen LogP) is 2.45. The second kappa shape index (κ2) is 3.35. The number of aliphatic hydroxyl groups is 1. The van der Waals surface area contributed by atoms with Gasteiger partial charge >= 0.3 is 0 Å². The average molecular weight is 194 g/mol. The minimum atomic E-state index is -0.142. The molecule has 1 aliphatic rings. The summed E-state index contributed by atoms with van der Waals surface area (Å²) in [6.45, 7) is 2.03. The summed E-state index contributed by atoms with van der Waals surface area (Å²) in [6, 6.07) is 5.18. The molecule has 0 bridgehead atoms. The molecular weight excluding hydrogens is 179 g/mol. The summed E-state index contributed by atoms with van der Waals surface area (Å²) in [6.07, 6.45) is 2.95. The van der Waals surface area contributed by atoms with Gasteiger partial charge in [0.1, 0.15) is 5.82 Å². The monoisotopic (exact) mass is 194 g/mol. The van der Waals surface area contributed by atoms with Crippen molar-refractivity contribution in [2.45, 2.75) is 26.2 Å². The number of hydrogen-bond donors (Lipinski definition) is 1. The van der Waals surface area contributed by atoms with Gasteiger partial charge < -0.3 is 5.11 Å². The number of rotatable bonds is 3. The van der Waals surface area contributed by atoms with E-state index in [1.54, 1.807) is 13.0 Å². The van der Waals surface area contributed by atoms with Crippen LogP contribution in [0.4, 0.5) is 4.39 Å². The molecule has 0 amide bonds. The molecule has 1 fully saturated rings. The molecule has 0 aromatic heterocycles. The Morgan fingerprint density at radius 1 is 1.43 bits per heavy atom. The fraction of sp³-hybridized carbons (Fsp3) is 0.500. The van der Waals surface area contributed by atoms with E-state index in [9.17, 15) is 9.50 Å². The highest BCUT2D eigenvalue weighted by Gasteiger charge is 2.42. The number of hydrogen-bond acceptors (Lipinski definition) is 1.